The molecule has 0 spiro atoms. The molecule has 0 saturated heterocycles. The fourth-order valence-electron chi connectivity index (χ4n) is 2.09. The van der Waals surface area contributed by atoms with Gasteiger partial charge in [-0.1, -0.05) is 46.3 Å². The van der Waals surface area contributed by atoms with Gasteiger partial charge in [-0.15, -0.1) is 24.8 Å². The Balaban J connectivity index is 0.00000264. The van der Waals surface area contributed by atoms with Gasteiger partial charge in [0.2, 0.25) is 5.91 Å². The van der Waals surface area contributed by atoms with E-state index in [2.05, 4.69) is 27.3 Å². The van der Waals surface area contributed by atoms with Gasteiger partial charge in [-0.25, -0.2) is 0 Å². The lowest BCUT2D eigenvalue weighted by molar-refractivity contribution is -0.122. The van der Waals surface area contributed by atoms with Gasteiger partial charge < -0.3 is 16.8 Å². The maximum absolute atomic E-state index is 11.3. The van der Waals surface area contributed by atoms with Crippen molar-refractivity contribution in [1.29, 1.82) is 0 Å². The van der Waals surface area contributed by atoms with E-state index in [-0.39, 0.29) is 24.8 Å². The minimum absolute atomic E-state index is 0. The second kappa shape index (κ2) is 9.89. The van der Waals surface area contributed by atoms with Crippen LogP contribution in [0, 0.1) is 0 Å². The topological polar surface area (TPSA) is 81.1 Å². The molecule has 1 unspecified atom stereocenters. The van der Waals surface area contributed by atoms with Crippen LogP contribution in [-0.2, 0) is 17.8 Å². The van der Waals surface area contributed by atoms with E-state index < -0.39 is 11.4 Å². The quantitative estimate of drug-likeness (QED) is 0.648. The number of hydrogen-bond donors (Lipinski definition) is 3. The number of carbonyl (C=O) groups is 1. The number of nitrogens with one attached hydrogen (secondary N) is 1. The fraction of sp³-hybridized carbons (Fsp3) is 0.235. The summed E-state index contributed by atoms with van der Waals surface area (Å²) in [5, 5.41) is 3.36. The summed E-state index contributed by atoms with van der Waals surface area (Å²) in [4.78, 5) is 11.3. The van der Waals surface area contributed by atoms with Crippen LogP contribution in [0.5, 0.6) is 0 Å². The number of nitrogens with two attached hydrogens (primary N) is 2. The number of carbonyl (C=O) groups excluding carboxylic acids is 1. The van der Waals surface area contributed by atoms with Crippen LogP contribution in [0.4, 0.5) is 5.69 Å². The molecule has 0 aromatic heterocycles. The Morgan fingerprint density at radius 2 is 1.71 bits per heavy atom. The molecule has 0 bridgehead atoms. The van der Waals surface area contributed by atoms with Crippen molar-refractivity contribution in [3.63, 3.8) is 0 Å². The monoisotopic (exact) mass is 433 g/mol. The summed E-state index contributed by atoms with van der Waals surface area (Å²) in [6.45, 7) is 2.38. The normalized spacial score (nSPS) is 12.3. The van der Waals surface area contributed by atoms with E-state index in [0.29, 0.717) is 6.42 Å². The second-order valence-corrected chi connectivity index (χ2v) is 6.45. The molecular formula is C17H22BrCl2N3O. The van der Waals surface area contributed by atoms with Gasteiger partial charge in [0.15, 0.2) is 0 Å². The van der Waals surface area contributed by atoms with Crippen molar-refractivity contribution in [2.45, 2.75) is 25.4 Å². The van der Waals surface area contributed by atoms with E-state index in [9.17, 15) is 4.79 Å². The highest BCUT2D eigenvalue weighted by Gasteiger charge is 2.25. The van der Waals surface area contributed by atoms with Crippen molar-refractivity contribution in [1.82, 2.24) is 0 Å². The molecule has 132 valence electrons. The molecule has 0 saturated carbocycles. The van der Waals surface area contributed by atoms with Crippen LogP contribution in [0.25, 0.3) is 0 Å². The first-order valence-electron chi connectivity index (χ1n) is 7.03. The lowest BCUT2D eigenvalue weighted by atomic mass is 9.93. The van der Waals surface area contributed by atoms with Crippen LogP contribution in [0.2, 0.25) is 0 Å². The number of halogens is 3. The van der Waals surface area contributed by atoms with Crippen LogP contribution < -0.4 is 16.8 Å². The van der Waals surface area contributed by atoms with Gasteiger partial charge >= 0.3 is 0 Å². The van der Waals surface area contributed by atoms with Gasteiger partial charge in [0.25, 0.3) is 0 Å². The Labute approximate surface area is 163 Å². The van der Waals surface area contributed by atoms with E-state index in [0.717, 1.165) is 22.3 Å². The molecule has 0 aliphatic carbocycles. The summed E-state index contributed by atoms with van der Waals surface area (Å²) in [6.07, 6.45) is 0.423. The molecule has 0 fully saturated rings. The first kappa shape index (κ1) is 22.7. The summed E-state index contributed by atoms with van der Waals surface area (Å²) in [5.41, 5.74) is 13.3. The van der Waals surface area contributed by atoms with Gasteiger partial charge in [0.05, 0.1) is 5.54 Å². The summed E-state index contributed by atoms with van der Waals surface area (Å²) in [5.74, 6) is -0.497. The highest BCUT2D eigenvalue weighted by atomic mass is 79.9. The summed E-state index contributed by atoms with van der Waals surface area (Å²) in [7, 11) is 0. The van der Waals surface area contributed by atoms with E-state index >= 15 is 0 Å². The molecule has 0 aliphatic rings. The van der Waals surface area contributed by atoms with Gasteiger partial charge in [0.1, 0.15) is 0 Å². The average molecular weight is 435 g/mol. The molecule has 1 atom stereocenters. The van der Waals surface area contributed by atoms with Crippen molar-refractivity contribution >= 4 is 52.3 Å². The Morgan fingerprint density at radius 3 is 2.25 bits per heavy atom. The zero-order chi connectivity index (χ0) is 16.2. The molecule has 24 heavy (non-hydrogen) atoms. The first-order chi connectivity index (χ1) is 10.4. The molecule has 0 aliphatic heterocycles. The van der Waals surface area contributed by atoms with Crippen molar-refractivity contribution < 1.29 is 4.79 Å². The number of hydrogen-bond acceptors (Lipinski definition) is 3. The Morgan fingerprint density at radius 1 is 1.12 bits per heavy atom. The zero-order valence-corrected chi connectivity index (χ0v) is 16.5. The molecule has 4 nitrogen and oxygen atoms in total. The Kier molecular flexibility index (Phi) is 9.37. The maximum Gasteiger partial charge on any atom is 0.237 e. The molecule has 0 radical (unpaired) electrons. The van der Waals surface area contributed by atoms with E-state index in [1.165, 1.54) is 5.56 Å². The van der Waals surface area contributed by atoms with E-state index in [1.807, 2.05) is 42.5 Å². The van der Waals surface area contributed by atoms with E-state index in [1.54, 1.807) is 6.92 Å². The van der Waals surface area contributed by atoms with Crippen LogP contribution >= 0.6 is 40.7 Å². The molecule has 1 amide bonds. The molecule has 5 N–H and O–H groups in total. The zero-order valence-electron chi connectivity index (χ0n) is 13.3. The van der Waals surface area contributed by atoms with Gasteiger partial charge in [-0.05, 0) is 42.7 Å². The Bertz CT molecular complexity index is 663. The highest BCUT2D eigenvalue weighted by molar-refractivity contribution is 9.10. The average Bonchev–Trinajstić information content (AvgIpc) is 2.47. The number of benzene rings is 2. The number of anilines is 1. The lowest BCUT2D eigenvalue weighted by Gasteiger charge is -2.20. The third-order valence-electron chi connectivity index (χ3n) is 3.53. The highest BCUT2D eigenvalue weighted by Crippen LogP contribution is 2.19. The van der Waals surface area contributed by atoms with Crippen molar-refractivity contribution in [2.24, 2.45) is 11.5 Å². The van der Waals surface area contributed by atoms with Crippen molar-refractivity contribution in [2.75, 3.05) is 5.32 Å². The van der Waals surface area contributed by atoms with Crippen LogP contribution in [0.1, 0.15) is 18.1 Å². The number of amides is 1. The minimum atomic E-state index is -1.02. The number of rotatable bonds is 6. The fourth-order valence-corrected chi connectivity index (χ4v) is 2.52. The predicted molar refractivity (Wildman–Crippen MR) is 108 cm³/mol. The second-order valence-electron chi connectivity index (χ2n) is 5.60. The Hall–Kier alpha value is -1.27. The summed E-state index contributed by atoms with van der Waals surface area (Å²) >= 11 is 3.53. The number of primary amides is 1. The van der Waals surface area contributed by atoms with Crippen molar-refractivity contribution in [3.05, 3.63) is 64.1 Å². The third-order valence-corrected chi connectivity index (χ3v) is 4.30. The summed E-state index contributed by atoms with van der Waals surface area (Å²) in [6, 6.07) is 15.9. The molecular weight excluding hydrogens is 413 g/mol. The first-order valence-corrected chi connectivity index (χ1v) is 7.83. The van der Waals surface area contributed by atoms with Crippen molar-refractivity contribution in [3.8, 4) is 0 Å². The predicted octanol–water partition coefficient (Wildman–Crippen LogP) is 3.65. The van der Waals surface area contributed by atoms with Gasteiger partial charge in [-0.2, -0.15) is 0 Å². The molecule has 2 aromatic carbocycles. The maximum atomic E-state index is 11.3. The molecule has 2 rings (SSSR count). The van der Waals surface area contributed by atoms with Crippen LogP contribution in [-0.4, -0.2) is 11.4 Å². The minimum Gasteiger partial charge on any atom is -0.381 e. The molecule has 7 heteroatoms. The lowest BCUT2D eigenvalue weighted by Crippen LogP contribution is -2.51. The molecule has 2 aromatic rings. The van der Waals surface area contributed by atoms with Gasteiger partial charge in [-0.3, -0.25) is 4.79 Å². The van der Waals surface area contributed by atoms with Gasteiger partial charge in [0, 0.05) is 16.7 Å². The largest absolute Gasteiger partial charge is 0.381 e. The molecule has 0 heterocycles. The standard InChI is InChI=1S/C17H20BrN3O.2ClH/c1-17(20,16(19)22)10-12-6-8-14(9-7-12)21-11-13-4-2-3-5-15(13)18;;/h2-9,21H,10-11,20H2,1H3,(H2,19,22);2*1H. The van der Waals surface area contributed by atoms with Crippen LogP contribution in [0.3, 0.4) is 0 Å². The van der Waals surface area contributed by atoms with E-state index in [4.69, 9.17) is 11.5 Å². The smallest absolute Gasteiger partial charge is 0.237 e. The SMILES string of the molecule is CC(N)(Cc1ccc(NCc2ccccc2Br)cc1)C(N)=O.Cl.Cl. The van der Waals surface area contributed by atoms with Crippen LogP contribution in [0.15, 0.2) is 53.0 Å². The third kappa shape index (κ3) is 6.32. The summed E-state index contributed by atoms with van der Waals surface area (Å²) < 4.78 is 1.08.